The zero-order chi connectivity index (χ0) is 19.5. The van der Waals surface area contributed by atoms with Gasteiger partial charge in [-0.15, -0.1) is 0 Å². The first kappa shape index (κ1) is 22.4. The highest BCUT2D eigenvalue weighted by Crippen LogP contribution is 2.45. The molecule has 0 aliphatic carbocycles. The highest BCUT2D eigenvalue weighted by Gasteiger charge is 2.43. The van der Waals surface area contributed by atoms with E-state index in [1.54, 1.807) is 6.92 Å². The molecule has 143 valence electrons. The van der Waals surface area contributed by atoms with Crippen LogP contribution in [0.1, 0.15) is 13.8 Å². The Morgan fingerprint density at radius 2 is 1.81 bits per heavy atom. The van der Waals surface area contributed by atoms with Gasteiger partial charge in [0, 0.05) is 45.8 Å². The first-order chi connectivity index (χ1) is 12.2. The molecule has 12 heteroatoms. The molecule has 2 heterocycles. The molecule has 9 atom stereocenters. The molecule has 0 saturated carbocycles. The quantitative estimate of drug-likeness (QED) is 0.377. The van der Waals surface area contributed by atoms with Crippen LogP contribution in [0.5, 0.6) is 0 Å². The van der Waals surface area contributed by atoms with E-state index >= 15 is 0 Å². The van der Waals surface area contributed by atoms with E-state index in [0.717, 1.165) is 0 Å². The topological polar surface area (TPSA) is 95.5 Å². The second-order valence-electron chi connectivity index (χ2n) is 6.66. The van der Waals surface area contributed by atoms with E-state index in [-0.39, 0.29) is 36.7 Å². The van der Waals surface area contributed by atoms with Gasteiger partial charge in [-0.25, -0.2) is 0 Å². The predicted molar refractivity (Wildman–Crippen MR) is 94.0 cm³/mol. The first-order valence-electron chi connectivity index (χ1n) is 8.51. The maximum absolute atomic E-state index is 12.2. The summed E-state index contributed by atoms with van der Waals surface area (Å²) in [6.45, 7) is 3.74. The maximum atomic E-state index is 12.2. The van der Waals surface area contributed by atoms with E-state index in [9.17, 15) is 9.46 Å². The molecular formula is C14H24B3O8P-. The highest BCUT2D eigenvalue weighted by molar-refractivity contribution is 7.45. The third kappa shape index (κ3) is 5.14. The van der Waals surface area contributed by atoms with Crippen molar-refractivity contribution >= 4 is 30.6 Å². The van der Waals surface area contributed by atoms with Gasteiger partial charge in [0.25, 0.3) is 7.82 Å². The highest BCUT2D eigenvalue weighted by atomic mass is 31.2. The van der Waals surface area contributed by atoms with Crippen LogP contribution in [-0.2, 0) is 32.6 Å². The third-order valence-corrected chi connectivity index (χ3v) is 5.90. The van der Waals surface area contributed by atoms with E-state index in [1.807, 2.05) is 6.92 Å². The zero-order valence-electron chi connectivity index (χ0n) is 15.5. The van der Waals surface area contributed by atoms with E-state index in [1.165, 1.54) is 21.4 Å². The van der Waals surface area contributed by atoms with Crippen molar-refractivity contribution in [1.82, 2.24) is 0 Å². The third-order valence-electron chi connectivity index (χ3n) is 4.94. The summed E-state index contributed by atoms with van der Waals surface area (Å²) in [6, 6.07) is -1.23. The zero-order valence-corrected chi connectivity index (χ0v) is 16.4. The molecule has 0 spiro atoms. The van der Waals surface area contributed by atoms with E-state index in [4.69, 9.17) is 43.6 Å². The maximum Gasteiger partial charge on any atom is 0.268 e. The fourth-order valence-corrected chi connectivity index (χ4v) is 4.42. The van der Waals surface area contributed by atoms with Crippen molar-refractivity contribution < 1.29 is 37.5 Å². The van der Waals surface area contributed by atoms with Gasteiger partial charge in [0.15, 0.2) is 0 Å². The van der Waals surface area contributed by atoms with Crippen LogP contribution in [0.25, 0.3) is 0 Å². The van der Waals surface area contributed by atoms with Gasteiger partial charge >= 0.3 is 0 Å². The number of phosphoric acid groups is 1. The molecular weight excluding hydrogens is 360 g/mol. The van der Waals surface area contributed by atoms with Crippen molar-refractivity contribution in [1.29, 1.82) is 0 Å². The minimum absolute atomic E-state index is 0.0305. The average Bonchev–Trinajstić information content (AvgIpc) is 3.04. The lowest BCUT2D eigenvalue weighted by molar-refractivity contribution is -0.233. The average molecular weight is 384 g/mol. The van der Waals surface area contributed by atoms with Crippen molar-refractivity contribution in [2.75, 3.05) is 27.4 Å². The molecule has 26 heavy (non-hydrogen) atoms. The Morgan fingerprint density at radius 3 is 2.38 bits per heavy atom. The first-order valence-corrected chi connectivity index (χ1v) is 9.97. The molecule has 2 aliphatic heterocycles. The van der Waals surface area contributed by atoms with Crippen molar-refractivity contribution in [3.05, 3.63) is 0 Å². The fourth-order valence-electron chi connectivity index (χ4n) is 3.42. The summed E-state index contributed by atoms with van der Waals surface area (Å²) in [5.74, 6) is -0.307. The molecule has 5 radical (unpaired) electrons. The summed E-state index contributed by atoms with van der Waals surface area (Å²) in [5, 5.41) is 0. The van der Waals surface area contributed by atoms with Gasteiger partial charge in [-0.2, -0.15) is 0 Å². The Morgan fingerprint density at radius 1 is 1.12 bits per heavy atom. The van der Waals surface area contributed by atoms with Crippen LogP contribution >= 0.6 is 7.82 Å². The molecule has 8 nitrogen and oxygen atoms in total. The number of hydrogen-bond acceptors (Lipinski definition) is 8. The number of phosphoric ester groups is 1. The molecule has 3 unspecified atom stereocenters. The summed E-state index contributed by atoms with van der Waals surface area (Å²) in [7, 11) is 11.2. The van der Waals surface area contributed by atoms with Gasteiger partial charge < -0.3 is 32.9 Å². The summed E-state index contributed by atoms with van der Waals surface area (Å²) in [5.41, 5.74) is 0. The monoisotopic (exact) mass is 384 g/mol. The minimum Gasteiger partial charge on any atom is -0.756 e. The molecule has 0 aromatic carbocycles. The van der Waals surface area contributed by atoms with Crippen molar-refractivity contribution in [2.45, 2.75) is 50.3 Å². The van der Waals surface area contributed by atoms with E-state index in [2.05, 4.69) is 0 Å². The molecule has 0 aromatic rings. The van der Waals surface area contributed by atoms with Crippen LogP contribution in [0.2, 0.25) is 0 Å². The molecule has 0 amide bonds. The number of hydrogen-bond donors (Lipinski definition) is 0. The van der Waals surface area contributed by atoms with Crippen LogP contribution < -0.4 is 4.89 Å². The smallest absolute Gasteiger partial charge is 0.268 e. The van der Waals surface area contributed by atoms with Crippen molar-refractivity contribution in [2.24, 2.45) is 11.8 Å². The molecule has 2 fully saturated rings. The summed E-state index contributed by atoms with van der Waals surface area (Å²) in [6.07, 6.45) is -2.14. The van der Waals surface area contributed by atoms with Gasteiger partial charge in [0.1, 0.15) is 14.0 Å². The summed E-state index contributed by atoms with van der Waals surface area (Å²) < 4.78 is 44.0. The minimum atomic E-state index is -4.63. The Bertz CT molecular complexity index is 501. The predicted octanol–water partition coefficient (Wildman–Crippen LogP) is -0.804. The van der Waals surface area contributed by atoms with Crippen LogP contribution in [0, 0.1) is 11.8 Å². The molecule has 2 aliphatic rings. The Labute approximate surface area is 158 Å². The number of ether oxygens (including phenoxy) is 4. The Kier molecular flexibility index (Phi) is 8.25. The SMILES string of the molecule is [B][B][C@@H]1O[C@H](COP(=O)([O-])O[C@H]2C(C)[C@@H](COC)O[C@H]2[B])C(OC)[C@@H]1C. The van der Waals surface area contributed by atoms with Crippen LogP contribution in [-0.4, -0.2) is 86.6 Å². The van der Waals surface area contributed by atoms with Crippen molar-refractivity contribution in [3.63, 3.8) is 0 Å². The normalized spacial score (nSPS) is 42.7. The lowest BCUT2D eigenvalue weighted by Crippen LogP contribution is -2.34. The molecule has 2 rings (SSSR count). The molecule has 0 bridgehead atoms. The van der Waals surface area contributed by atoms with Gasteiger partial charge in [-0.3, -0.25) is 4.57 Å². The van der Waals surface area contributed by atoms with Crippen LogP contribution in [0.3, 0.4) is 0 Å². The van der Waals surface area contributed by atoms with Crippen LogP contribution in [0.15, 0.2) is 0 Å². The van der Waals surface area contributed by atoms with Gasteiger partial charge in [-0.05, 0) is 0 Å². The van der Waals surface area contributed by atoms with Gasteiger partial charge in [0.2, 0.25) is 0 Å². The molecule has 0 aromatic heterocycles. The van der Waals surface area contributed by atoms with Crippen molar-refractivity contribution in [3.8, 4) is 0 Å². The molecule has 0 N–H and O–H groups in total. The second kappa shape index (κ2) is 9.57. The molecule has 2 saturated heterocycles. The fraction of sp³-hybridized carbons (Fsp3) is 1.00. The number of methoxy groups -OCH3 is 2. The summed E-state index contributed by atoms with van der Waals surface area (Å²) in [4.78, 5) is 12.2. The standard InChI is InChI=1S/C14H25B3O8P/c1-7-9(5-20-3)23-13(15)12(7)25-26(18,19)22-6-10-11(21-4)8(2)14(17-16)24-10/h7-14H,5-6H2,1-4H3,(H,18,19)/p-1/t7?,8-,9+,10+,11?,12-,13+,14+/m0/s1. The second-order valence-corrected chi connectivity index (χ2v) is 8.02. The Balaban J connectivity index is 1.91. The van der Waals surface area contributed by atoms with E-state index < -0.39 is 26.0 Å². The lowest BCUT2D eigenvalue weighted by Gasteiger charge is -2.31. The summed E-state index contributed by atoms with van der Waals surface area (Å²) >= 11 is 0. The number of rotatable bonds is 9. The Hall–Kier alpha value is 0.145. The van der Waals surface area contributed by atoms with E-state index in [0.29, 0.717) is 6.61 Å². The van der Waals surface area contributed by atoms with Gasteiger partial charge in [0.05, 0.1) is 38.7 Å². The van der Waals surface area contributed by atoms with Crippen LogP contribution in [0.4, 0.5) is 0 Å². The lowest BCUT2D eigenvalue weighted by atomic mass is 9.49. The largest absolute Gasteiger partial charge is 0.756 e. The van der Waals surface area contributed by atoms with Gasteiger partial charge in [-0.1, -0.05) is 13.8 Å².